The van der Waals surface area contributed by atoms with Crippen LogP contribution in [0.5, 0.6) is 5.88 Å². The lowest BCUT2D eigenvalue weighted by Gasteiger charge is -2.08. The van der Waals surface area contributed by atoms with Gasteiger partial charge in [-0.05, 0) is 31.0 Å². The van der Waals surface area contributed by atoms with E-state index in [1.54, 1.807) is 18.3 Å². The quantitative estimate of drug-likeness (QED) is 0.684. The number of rotatable bonds is 9. The van der Waals surface area contributed by atoms with Crippen LogP contribution in [0.25, 0.3) is 5.65 Å². The van der Waals surface area contributed by atoms with E-state index in [1.165, 1.54) is 30.1 Å². The number of pyridine rings is 1. The second kappa shape index (κ2) is 9.20. The van der Waals surface area contributed by atoms with Crippen molar-refractivity contribution in [1.82, 2.24) is 14.7 Å². The fourth-order valence-corrected chi connectivity index (χ4v) is 2.80. The number of hydrogen-bond donors (Lipinski definition) is 2. The number of carbonyl (C=O) groups excluding carboxylic acids is 1. The van der Waals surface area contributed by atoms with Gasteiger partial charge in [-0.3, -0.25) is 14.0 Å². The molecule has 2 aromatic heterocycles. The fraction of sp³-hybridized carbons (Fsp3) is 0.526. The zero-order valence-corrected chi connectivity index (χ0v) is 15.0. The Morgan fingerprint density at radius 1 is 1.20 bits per heavy atom. The Hall–Kier alpha value is -2.37. The van der Waals surface area contributed by atoms with E-state index in [1.807, 2.05) is 6.92 Å². The topological polar surface area (TPSA) is 83.7 Å². The van der Waals surface area contributed by atoms with Crippen molar-refractivity contribution in [3.05, 3.63) is 39.8 Å². The maximum atomic E-state index is 12.4. The van der Waals surface area contributed by atoms with Gasteiger partial charge >= 0.3 is 0 Å². The largest absolute Gasteiger partial charge is 0.493 e. The number of aryl methyl sites for hydroxylation is 1. The zero-order chi connectivity index (χ0) is 18.2. The van der Waals surface area contributed by atoms with Crippen LogP contribution < -0.4 is 10.9 Å². The molecule has 0 spiro atoms. The molecular weight excluding hydrogens is 318 g/mol. The van der Waals surface area contributed by atoms with E-state index >= 15 is 0 Å². The number of carbonyl (C=O) groups is 1. The lowest BCUT2D eigenvalue weighted by molar-refractivity contribution is 0.0947. The molecule has 136 valence electrons. The van der Waals surface area contributed by atoms with E-state index in [2.05, 4.69) is 17.2 Å². The molecule has 2 heterocycles. The molecule has 0 bridgehead atoms. The van der Waals surface area contributed by atoms with Crippen LogP contribution in [0.1, 0.15) is 67.8 Å². The Balaban J connectivity index is 1.93. The van der Waals surface area contributed by atoms with Crippen molar-refractivity contribution >= 4 is 11.6 Å². The van der Waals surface area contributed by atoms with Crippen LogP contribution in [-0.4, -0.2) is 26.9 Å². The van der Waals surface area contributed by atoms with E-state index in [0.29, 0.717) is 12.2 Å². The minimum atomic E-state index is -0.573. The normalized spacial score (nSPS) is 11.0. The number of nitrogens with zero attached hydrogens (tertiary/aromatic N) is 2. The first kappa shape index (κ1) is 19.0. The number of aromatic hydroxyl groups is 1. The number of nitrogens with one attached hydrogen (secondary N) is 1. The SMILES string of the molecule is CCCCCCCCCNC(=O)c1c(O)nc2cc(C)ccn2c1=O. The highest BCUT2D eigenvalue weighted by Crippen LogP contribution is 2.12. The molecule has 0 unspecified atom stereocenters. The molecule has 6 heteroatoms. The van der Waals surface area contributed by atoms with Gasteiger partial charge in [0.1, 0.15) is 5.65 Å². The summed E-state index contributed by atoms with van der Waals surface area (Å²) in [5, 5.41) is 12.7. The summed E-state index contributed by atoms with van der Waals surface area (Å²) in [7, 11) is 0. The molecule has 2 N–H and O–H groups in total. The summed E-state index contributed by atoms with van der Waals surface area (Å²) >= 11 is 0. The van der Waals surface area contributed by atoms with E-state index < -0.39 is 17.3 Å². The van der Waals surface area contributed by atoms with Gasteiger partial charge in [-0.1, -0.05) is 45.4 Å². The van der Waals surface area contributed by atoms with Crippen LogP contribution in [0.15, 0.2) is 23.1 Å². The van der Waals surface area contributed by atoms with Crippen molar-refractivity contribution in [3.8, 4) is 5.88 Å². The van der Waals surface area contributed by atoms with Crippen molar-refractivity contribution in [2.75, 3.05) is 6.54 Å². The van der Waals surface area contributed by atoms with Gasteiger partial charge < -0.3 is 10.4 Å². The number of fused-ring (bicyclic) bond motifs is 1. The Bertz CT molecular complexity index is 783. The molecule has 2 rings (SSSR count). The highest BCUT2D eigenvalue weighted by molar-refractivity contribution is 5.96. The summed E-state index contributed by atoms with van der Waals surface area (Å²) < 4.78 is 1.27. The van der Waals surface area contributed by atoms with Crippen LogP contribution in [0.4, 0.5) is 0 Å². The van der Waals surface area contributed by atoms with Gasteiger partial charge in [-0.25, -0.2) is 0 Å². The van der Waals surface area contributed by atoms with E-state index in [4.69, 9.17) is 0 Å². The number of amides is 1. The maximum Gasteiger partial charge on any atom is 0.274 e. The van der Waals surface area contributed by atoms with Crippen LogP contribution in [0.2, 0.25) is 0 Å². The summed E-state index contributed by atoms with van der Waals surface area (Å²) in [6.45, 7) is 4.55. The maximum absolute atomic E-state index is 12.4. The van der Waals surface area contributed by atoms with Gasteiger partial charge in [0.05, 0.1) is 0 Å². The minimum absolute atomic E-state index is 0.302. The molecule has 0 saturated carbocycles. The van der Waals surface area contributed by atoms with E-state index in [-0.39, 0.29) is 5.56 Å². The fourth-order valence-electron chi connectivity index (χ4n) is 2.80. The molecule has 2 aromatic rings. The van der Waals surface area contributed by atoms with Crippen LogP contribution in [0, 0.1) is 6.92 Å². The van der Waals surface area contributed by atoms with Crippen LogP contribution in [-0.2, 0) is 0 Å². The lowest BCUT2D eigenvalue weighted by Crippen LogP contribution is -2.32. The lowest BCUT2D eigenvalue weighted by atomic mass is 10.1. The molecule has 0 radical (unpaired) electrons. The molecule has 6 nitrogen and oxygen atoms in total. The first-order valence-corrected chi connectivity index (χ1v) is 9.04. The average molecular weight is 345 g/mol. The number of aromatic nitrogens is 2. The second-order valence-electron chi connectivity index (χ2n) is 6.43. The van der Waals surface area contributed by atoms with Gasteiger partial charge in [0.25, 0.3) is 11.5 Å². The second-order valence-corrected chi connectivity index (χ2v) is 6.43. The van der Waals surface area contributed by atoms with Gasteiger partial charge in [0.15, 0.2) is 5.56 Å². The average Bonchev–Trinajstić information content (AvgIpc) is 2.56. The standard InChI is InChI=1S/C19H27N3O3/c1-3-4-5-6-7-8-9-11-20-17(23)16-18(24)21-15-13-14(2)10-12-22(15)19(16)25/h10,12-13,24H,3-9,11H2,1-2H3,(H,20,23). The predicted octanol–water partition coefficient (Wildman–Crippen LogP) is 3.19. The van der Waals surface area contributed by atoms with Gasteiger partial charge in [-0.15, -0.1) is 0 Å². The highest BCUT2D eigenvalue weighted by Gasteiger charge is 2.19. The predicted molar refractivity (Wildman–Crippen MR) is 98.2 cm³/mol. The third kappa shape index (κ3) is 5.05. The molecule has 0 fully saturated rings. The zero-order valence-electron chi connectivity index (χ0n) is 15.0. The van der Waals surface area contributed by atoms with Crippen molar-refractivity contribution in [2.45, 2.75) is 58.8 Å². The van der Waals surface area contributed by atoms with Crippen molar-refractivity contribution in [2.24, 2.45) is 0 Å². The summed E-state index contributed by atoms with van der Waals surface area (Å²) in [5.41, 5.74) is 0.387. The molecule has 0 aliphatic rings. The summed E-state index contributed by atoms with van der Waals surface area (Å²) in [6, 6.07) is 3.44. The van der Waals surface area contributed by atoms with Crippen molar-refractivity contribution < 1.29 is 9.90 Å². The Kier molecular flexibility index (Phi) is 6.98. The van der Waals surface area contributed by atoms with Gasteiger partial charge in [0.2, 0.25) is 5.88 Å². The first-order valence-electron chi connectivity index (χ1n) is 9.04. The monoisotopic (exact) mass is 345 g/mol. The molecule has 0 saturated heterocycles. The third-order valence-corrected chi connectivity index (χ3v) is 4.26. The smallest absolute Gasteiger partial charge is 0.274 e. The molecule has 1 amide bonds. The third-order valence-electron chi connectivity index (χ3n) is 4.26. The van der Waals surface area contributed by atoms with E-state index in [0.717, 1.165) is 24.8 Å². The Morgan fingerprint density at radius 3 is 2.60 bits per heavy atom. The van der Waals surface area contributed by atoms with E-state index in [9.17, 15) is 14.7 Å². The summed E-state index contributed by atoms with van der Waals surface area (Å²) in [4.78, 5) is 28.6. The number of hydrogen-bond acceptors (Lipinski definition) is 4. The summed E-state index contributed by atoms with van der Waals surface area (Å²) in [6.07, 6.45) is 9.61. The first-order chi connectivity index (χ1) is 12.0. The highest BCUT2D eigenvalue weighted by atomic mass is 16.3. The number of unbranched alkanes of at least 4 members (excludes halogenated alkanes) is 6. The minimum Gasteiger partial charge on any atom is -0.493 e. The Morgan fingerprint density at radius 2 is 1.88 bits per heavy atom. The Labute approximate surface area is 147 Å². The van der Waals surface area contributed by atoms with Crippen molar-refractivity contribution in [1.29, 1.82) is 0 Å². The van der Waals surface area contributed by atoms with Gasteiger partial charge in [0, 0.05) is 12.7 Å². The molecule has 0 aliphatic carbocycles. The molecule has 0 aliphatic heterocycles. The summed E-state index contributed by atoms with van der Waals surface area (Å²) in [5.74, 6) is -1.09. The molecule has 25 heavy (non-hydrogen) atoms. The van der Waals surface area contributed by atoms with Crippen LogP contribution in [0.3, 0.4) is 0 Å². The van der Waals surface area contributed by atoms with Crippen molar-refractivity contribution in [3.63, 3.8) is 0 Å². The molecule has 0 aromatic carbocycles. The molecule has 0 atom stereocenters. The molecular formula is C19H27N3O3. The van der Waals surface area contributed by atoms with Gasteiger partial charge in [-0.2, -0.15) is 4.98 Å². The van der Waals surface area contributed by atoms with Crippen LogP contribution >= 0.6 is 0 Å².